The van der Waals surface area contributed by atoms with Crippen LogP contribution < -0.4 is 10.5 Å². The standard InChI is InChI=1S/C10H13NO3/c1-6(11)9-5-7(14-2)3-4-8(9)10(12)13/h3-6H,11H2,1-2H3,(H,12,13)/t6-/m0/s1. The summed E-state index contributed by atoms with van der Waals surface area (Å²) in [5.74, 6) is -0.359. The molecule has 0 radical (unpaired) electrons. The molecule has 1 rings (SSSR count). The Labute approximate surface area is 82.3 Å². The minimum atomic E-state index is -0.972. The summed E-state index contributed by atoms with van der Waals surface area (Å²) in [6, 6.07) is 4.43. The molecule has 76 valence electrons. The summed E-state index contributed by atoms with van der Waals surface area (Å²) in [6.45, 7) is 1.74. The van der Waals surface area contributed by atoms with E-state index in [0.29, 0.717) is 11.3 Å². The zero-order valence-corrected chi connectivity index (χ0v) is 8.15. The Balaban J connectivity index is 3.24. The molecule has 0 heterocycles. The van der Waals surface area contributed by atoms with Crippen molar-refractivity contribution < 1.29 is 14.6 Å². The lowest BCUT2D eigenvalue weighted by Crippen LogP contribution is -2.11. The highest BCUT2D eigenvalue weighted by Crippen LogP contribution is 2.22. The van der Waals surface area contributed by atoms with Gasteiger partial charge in [-0.1, -0.05) is 0 Å². The first kappa shape index (κ1) is 10.5. The maximum Gasteiger partial charge on any atom is 0.336 e. The number of ether oxygens (including phenoxy) is 1. The zero-order valence-electron chi connectivity index (χ0n) is 8.15. The molecule has 0 unspecified atom stereocenters. The number of carbonyl (C=O) groups is 1. The predicted octanol–water partition coefficient (Wildman–Crippen LogP) is 1.41. The van der Waals surface area contributed by atoms with Crippen molar-refractivity contribution in [2.75, 3.05) is 7.11 Å². The molecule has 0 aromatic heterocycles. The van der Waals surface area contributed by atoms with Gasteiger partial charge in [-0.15, -0.1) is 0 Å². The number of hydrogen-bond donors (Lipinski definition) is 2. The Bertz CT molecular complexity index is 347. The molecule has 0 spiro atoms. The quantitative estimate of drug-likeness (QED) is 0.764. The van der Waals surface area contributed by atoms with Crippen LogP contribution in [0.15, 0.2) is 18.2 Å². The van der Waals surface area contributed by atoms with Gasteiger partial charge >= 0.3 is 5.97 Å². The summed E-state index contributed by atoms with van der Waals surface area (Å²) in [5, 5.41) is 8.88. The van der Waals surface area contributed by atoms with Crippen LogP contribution in [0.1, 0.15) is 28.9 Å². The van der Waals surface area contributed by atoms with E-state index in [9.17, 15) is 4.79 Å². The largest absolute Gasteiger partial charge is 0.497 e. The van der Waals surface area contributed by atoms with E-state index < -0.39 is 5.97 Å². The number of benzene rings is 1. The lowest BCUT2D eigenvalue weighted by Gasteiger charge is -2.11. The Morgan fingerprint density at radius 3 is 2.64 bits per heavy atom. The van der Waals surface area contributed by atoms with Crippen molar-refractivity contribution in [3.05, 3.63) is 29.3 Å². The Kier molecular flexibility index (Phi) is 3.09. The van der Waals surface area contributed by atoms with Gasteiger partial charge in [0.15, 0.2) is 0 Å². The number of aromatic carboxylic acids is 1. The lowest BCUT2D eigenvalue weighted by molar-refractivity contribution is 0.0695. The number of rotatable bonds is 3. The van der Waals surface area contributed by atoms with Crippen molar-refractivity contribution >= 4 is 5.97 Å². The van der Waals surface area contributed by atoms with E-state index in [0.717, 1.165) is 0 Å². The second kappa shape index (κ2) is 4.11. The van der Waals surface area contributed by atoms with Crippen molar-refractivity contribution in [3.63, 3.8) is 0 Å². The van der Waals surface area contributed by atoms with Gasteiger partial charge < -0.3 is 15.6 Å². The maximum atomic E-state index is 10.8. The first-order valence-electron chi connectivity index (χ1n) is 4.23. The van der Waals surface area contributed by atoms with Crippen LogP contribution in [0.25, 0.3) is 0 Å². The van der Waals surface area contributed by atoms with Crippen LogP contribution in [0.5, 0.6) is 5.75 Å². The van der Waals surface area contributed by atoms with E-state index in [1.165, 1.54) is 13.2 Å². The third-order valence-corrected chi connectivity index (χ3v) is 1.98. The van der Waals surface area contributed by atoms with E-state index in [2.05, 4.69) is 0 Å². The molecule has 1 aromatic rings. The maximum absolute atomic E-state index is 10.8. The van der Waals surface area contributed by atoms with E-state index in [1.807, 2.05) is 0 Å². The summed E-state index contributed by atoms with van der Waals surface area (Å²) >= 11 is 0. The normalized spacial score (nSPS) is 12.2. The van der Waals surface area contributed by atoms with E-state index in [1.54, 1.807) is 19.1 Å². The van der Waals surface area contributed by atoms with Crippen LogP contribution in [-0.4, -0.2) is 18.2 Å². The minimum absolute atomic E-state index is 0.223. The van der Waals surface area contributed by atoms with Gasteiger partial charge in [-0.2, -0.15) is 0 Å². The molecule has 0 amide bonds. The third kappa shape index (κ3) is 2.03. The molecule has 0 saturated heterocycles. The summed E-state index contributed by atoms with van der Waals surface area (Å²) in [4.78, 5) is 10.8. The van der Waals surface area contributed by atoms with Gasteiger partial charge in [-0.05, 0) is 30.7 Å². The van der Waals surface area contributed by atoms with Crippen molar-refractivity contribution in [1.29, 1.82) is 0 Å². The van der Waals surface area contributed by atoms with Gasteiger partial charge in [-0.25, -0.2) is 4.79 Å². The van der Waals surface area contributed by atoms with Crippen LogP contribution in [0.2, 0.25) is 0 Å². The third-order valence-electron chi connectivity index (χ3n) is 1.98. The zero-order chi connectivity index (χ0) is 10.7. The molecule has 1 atom stereocenters. The van der Waals surface area contributed by atoms with Gasteiger partial charge in [0.05, 0.1) is 12.7 Å². The Morgan fingerprint density at radius 1 is 1.57 bits per heavy atom. The molecule has 0 fully saturated rings. The minimum Gasteiger partial charge on any atom is -0.497 e. The molecule has 0 aliphatic heterocycles. The van der Waals surface area contributed by atoms with Crippen LogP contribution in [0.3, 0.4) is 0 Å². The van der Waals surface area contributed by atoms with Gasteiger partial charge in [-0.3, -0.25) is 0 Å². The molecular weight excluding hydrogens is 182 g/mol. The smallest absolute Gasteiger partial charge is 0.336 e. The lowest BCUT2D eigenvalue weighted by atomic mass is 10.0. The molecule has 0 saturated carbocycles. The molecule has 3 N–H and O–H groups in total. The highest BCUT2D eigenvalue weighted by atomic mass is 16.5. The fourth-order valence-corrected chi connectivity index (χ4v) is 1.24. The predicted molar refractivity (Wildman–Crippen MR) is 52.6 cm³/mol. The van der Waals surface area contributed by atoms with E-state index >= 15 is 0 Å². The topological polar surface area (TPSA) is 72.5 Å². The summed E-state index contributed by atoms with van der Waals surface area (Å²) < 4.78 is 4.99. The fourth-order valence-electron chi connectivity index (χ4n) is 1.24. The average molecular weight is 195 g/mol. The number of carboxylic acid groups (broad SMARTS) is 1. The van der Waals surface area contributed by atoms with Gasteiger partial charge in [0.25, 0.3) is 0 Å². The highest BCUT2D eigenvalue weighted by Gasteiger charge is 2.13. The molecule has 0 aliphatic rings. The van der Waals surface area contributed by atoms with Crippen molar-refractivity contribution in [1.82, 2.24) is 0 Å². The molecule has 0 bridgehead atoms. The van der Waals surface area contributed by atoms with Crippen molar-refractivity contribution in [2.24, 2.45) is 5.73 Å². The fraction of sp³-hybridized carbons (Fsp3) is 0.300. The van der Waals surface area contributed by atoms with E-state index in [4.69, 9.17) is 15.6 Å². The SMILES string of the molecule is COc1ccc(C(=O)O)c([C@H](C)N)c1. The molecule has 14 heavy (non-hydrogen) atoms. The van der Waals surface area contributed by atoms with Crippen molar-refractivity contribution in [3.8, 4) is 5.75 Å². The number of hydrogen-bond acceptors (Lipinski definition) is 3. The second-order valence-corrected chi connectivity index (χ2v) is 3.05. The average Bonchev–Trinajstić information content (AvgIpc) is 2.16. The van der Waals surface area contributed by atoms with Crippen LogP contribution in [0.4, 0.5) is 0 Å². The number of carboxylic acids is 1. The first-order valence-corrected chi connectivity index (χ1v) is 4.23. The molecular formula is C10H13NO3. The summed E-state index contributed by atoms with van der Waals surface area (Å²) in [6.07, 6.45) is 0. The first-order chi connectivity index (χ1) is 6.56. The summed E-state index contributed by atoms with van der Waals surface area (Å²) in [7, 11) is 1.53. The molecule has 0 aliphatic carbocycles. The highest BCUT2D eigenvalue weighted by molar-refractivity contribution is 5.89. The van der Waals surface area contributed by atoms with Crippen molar-refractivity contribution in [2.45, 2.75) is 13.0 Å². The Hall–Kier alpha value is -1.55. The van der Waals surface area contributed by atoms with Crippen LogP contribution in [-0.2, 0) is 0 Å². The van der Waals surface area contributed by atoms with Gasteiger partial charge in [0, 0.05) is 6.04 Å². The molecule has 4 nitrogen and oxygen atoms in total. The van der Waals surface area contributed by atoms with E-state index in [-0.39, 0.29) is 11.6 Å². The van der Waals surface area contributed by atoms with Crippen LogP contribution in [0, 0.1) is 0 Å². The molecule has 1 aromatic carbocycles. The number of methoxy groups -OCH3 is 1. The molecule has 4 heteroatoms. The Morgan fingerprint density at radius 2 is 2.21 bits per heavy atom. The van der Waals surface area contributed by atoms with Gasteiger partial charge in [0.1, 0.15) is 5.75 Å². The second-order valence-electron chi connectivity index (χ2n) is 3.05. The van der Waals surface area contributed by atoms with Gasteiger partial charge in [0.2, 0.25) is 0 Å². The monoisotopic (exact) mass is 195 g/mol. The van der Waals surface area contributed by atoms with Crippen LogP contribution >= 0.6 is 0 Å². The number of nitrogens with two attached hydrogens (primary N) is 1. The summed E-state index contributed by atoms with van der Waals surface area (Å²) in [5.41, 5.74) is 6.46.